The van der Waals surface area contributed by atoms with E-state index < -0.39 is 5.60 Å². The smallest absolute Gasteiger partial charge is 0.156 e. The highest BCUT2D eigenvalue weighted by Crippen LogP contribution is 2.35. The lowest BCUT2D eigenvalue weighted by molar-refractivity contribution is -0.126. The van der Waals surface area contributed by atoms with Crippen LogP contribution in [0.2, 0.25) is 0 Å². The SMILES string of the molecule is COc1ccc2c(c1)C(O)(C=O)CCC2. The van der Waals surface area contributed by atoms with Crippen molar-refractivity contribution >= 4 is 6.29 Å². The van der Waals surface area contributed by atoms with Gasteiger partial charge >= 0.3 is 0 Å². The second kappa shape index (κ2) is 3.66. The molecule has 0 radical (unpaired) electrons. The van der Waals surface area contributed by atoms with Gasteiger partial charge in [0, 0.05) is 0 Å². The van der Waals surface area contributed by atoms with Crippen LogP contribution >= 0.6 is 0 Å². The van der Waals surface area contributed by atoms with Gasteiger partial charge in [0.2, 0.25) is 0 Å². The van der Waals surface area contributed by atoms with Gasteiger partial charge in [-0.05, 0) is 42.5 Å². The number of hydrogen-bond donors (Lipinski definition) is 1. The van der Waals surface area contributed by atoms with E-state index in [1.165, 1.54) is 0 Å². The van der Waals surface area contributed by atoms with Crippen LogP contribution in [0.3, 0.4) is 0 Å². The summed E-state index contributed by atoms with van der Waals surface area (Å²) in [6, 6.07) is 5.53. The minimum Gasteiger partial charge on any atom is -0.497 e. The molecule has 0 aliphatic heterocycles. The van der Waals surface area contributed by atoms with Crippen molar-refractivity contribution in [2.75, 3.05) is 7.11 Å². The zero-order chi connectivity index (χ0) is 10.9. The Labute approximate surface area is 88.7 Å². The number of carbonyl (C=O) groups is 1. The van der Waals surface area contributed by atoms with Gasteiger partial charge in [-0.25, -0.2) is 0 Å². The molecule has 80 valence electrons. The molecule has 0 fully saturated rings. The molecule has 1 aliphatic rings. The summed E-state index contributed by atoms with van der Waals surface area (Å²) in [5, 5.41) is 10.1. The molecular formula is C12H14O3. The second-order valence-electron chi connectivity index (χ2n) is 3.92. The molecule has 1 unspecified atom stereocenters. The highest BCUT2D eigenvalue weighted by molar-refractivity contribution is 5.68. The molecule has 0 saturated heterocycles. The Morgan fingerprint density at radius 2 is 2.33 bits per heavy atom. The average Bonchev–Trinajstić information content (AvgIpc) is 2.29. The fraction of sp³-hybridized carbons (Fsp3) is 0.417. The van der Waals surface area contributed by atoms with E-state index in [1.54, 1.807) is 13.2 Å². The van der Waals surface area contributed by atoms with E-state index in [0.717, 1.165) is 18.4 Å². The summed E-state index contributed by atoms with van der Waals surface area (Å²) in [4.78, 5) is 11.0. The van der Waals surface area contributed by atoms with Crippen LogP contribution in [0, 0.1) is 0 Å². The van der Waals surface area contributed by atoms with Crippen molar-refractivity contribution in [2.24, 2.45) is 0 Å². The average molecular weight is 206 g/mol. The molecule has 0 spiro atoms. The summed E-state index contributed by atoms with van der Waals surface area (Å²) < 4.78 is 5.09. The Morgan fingerprint density at radius 3 is 3.00 bits per heavy atom. The molecule has 0 amide bonds. The normalized spacial score (nSPS) is 24.4. The molecule has 2 rings (SSSR count). The zero-order valence-electron chi connectivity index (χ0n) is 8.69. The molecule has 1 aliphatic carbocycles. The molecule has 0 saturated carbocycles. The van der Waals surface area contributed by atoms with Crippen LogP contribution in [0.1, 0.15) is 24.0 Å². The third-order valence-electron chi connectivity index (χ3n) is 2.98. The van der Waals surface area contributed by atoms with Crippen molar-refractivity contribution in [2.45, 2.75) is 24.9 Å². The highest BCUT2D eigenvalue weighted by Gasteiger charge is 2.34. The first-order valence-electron chi connectivity index (χ1n) is 5.06. The van der Waals surface area contributed by atoms with E-state index in [0.29, 0.717) is 24.0 Å². The summed E-state index contributed by atoms with van der Waals surface area (Å²) in [6.07, 6.45) is 2.88. The van der Waals surface area contributed by atoms with Gasteiger partial charge in [0.15, 0.2) is 6.29 Å². The van der Waals surface area contributed by atoms with E-state index >= 15 is 0 Å². The summed E-state index contributed by atoms with van der Waals surface area (Å²) >= 11 is 0. The van der Waals surface area contributed by atoms with Crippen LogP contribution in [0.4, 0.5) is 0 Å². The van der Waals surface area contributed by atoms with Crippen molar-refractivity contribution in [3.8, 4) is 5.75 Å². The number of benzene rings is 1. The van der Waals surface area contributed by atoms with Gasteiger partial charge in [-0.1, -0.05) is 6.07 Å². The van der Waals surface area contributed by atoms with Crippen LogP contribution in [-0.4, -0.2) is 18.5 Å². The number of aldehydes is 1. The molecule has 3 heteroatoms. The number of fused-ring (bicyclic) bond motifs is 1. The van der Waals surface area contributed by atoms with Crippen LogP contribution in [-0.2, 0) is 16.8 Å². The Hall–Kier alpha value is -1.35. The topological polar surface area (TPSA) is 46.5 Å². The summed E-state index contributed by atoms with van der Waals surface area (Å²) in [6.45, 7) is 0. The minimum atomic E-state index is -1.32. The molecule has 1 atom stereocenters. The van der Waals surface area contributed by atoms with Crippen LogP contribution < -0.4 is 4.74 Å². The van der Waals surface area contributed by atoms with Crippen LogP contribution in [0.25, 0.3) is 0 Å². The second-order valence-corrected chi connectivity index (χ2v) is 3.92. The zero-order valence-corrected chi connectivity index (χ0v) is 8.69. The third kappa shape index (κ3) is 1.63. The van der Waals surface area contributed by atoms with Gasteiger partial charge in [0.25, 0.3) is 0 Å². The molecule has 15 heavy (non-hydrogen) atoms. The molecule has 1 N–H and O–H groups in total. The monoisotopic (exact) mass is 206 g/mol. The number of methoxy groups -OCH3 is 1. The maximum Gasteiger partial charge on any atom is 0.156 e. The van der Waals surface area contributed by atoms with Gasteiger partial charge in [-0.15, -0.1) is 0 Å². The Bertz CT molecular complexity index is 386. The third-order valence-corrected chi connectivity index (χ3v) is 2.98. The van der Waals surface area contributed by atoms with Crippen molar-refractivity contribution in [1.29, 1.82) is 0 Å². The van der Waals surface area contributed by atoms with Gasteiger partial charge in [0.05, 0.1) is 7.11 Å². The van der Waals surface area contributed by atoms with Crippen LogP contribution in [0.5, 0.6) is 5.75 Å². The largest absolute Gasteiger partial charge is 0.497 e. The first-order chi connectivity index (χ1) is 7.19. The lowest BCUT2D eigenvalue weighted by Crippen LogP contribution is -2.32. The highest BCUT2D eigenvalue weighted by atomic mass is 16.5. The van der Waals surface area contributed by atoms with E-state index in [-0.39, 0.29) is 0 Å². The van der Waals surface area contributed by atoms with E-state index in [4.69, 9.17) is 4.74 Å². The Balaban J connectivity index is 2.53. The minimum absolute atomic E-state index is 0.497. The van der Waals surface area contributed by atoms with Crippen molar-refractivity contribution in [3.05, 3.63) is 29.3 Å². The standard InChI is InChI=1S/C12H14O3/c1-15-10-5-4-9-3-2-6-12(14,8-13)11(9)7-10/h4-5,7-8,14H,2-3,6H2,1H3. The van der Waals surface area contributed by atoms with Gasteiger partial charge in [-0.2, -0.15) is 0 Å². The number of aryl methyl sites for hydroxylation is 1. The maximum absolute atomic E-state index is 11.0. The molecule has 1 aromatic carbocycles. The van der Waals surface area contributed by atoms with Crippen molar-refractivity contribution < 1.29 is 14.6 Å². The van der Waals surface area contributed by atoms with Gasteiger partial charge < -0.3 is 9.84 Å². The molecule has 3 nitrogen and oxygen atoms in total. The molecule has 0 aromatic heterocycles. The summed E-state index contributed by atoms with van der Waals surface area (Å²) in [5.41, 5.74) is 0.419. The predicted octanol–water partition coefficient (Wildman–Crippen LogP) is 1.42. The molecule has 0 heterocycles. The van der Waals surface area contributed by atoms with Gasteiger partial charge in [0.1, 0.15) is 11.4 Å². The molecular weight excluding hydrogens is 192 g/mol. The van der Waals surface area contributed by atoms with Crippen LogP contribution in [0.15, 0.2) is 18.2 Å². The number of ether oxygens (including phenoxy) is 1. The lowest BCUT2D eigenvalue weighted by Gasteiger charge is -2.29. The summed E-state index contributed by atoms with van der Waals surface area (Å²) in [7, 11) is 1.57. The first-order valence-corrected chi connectivity index (χ1v) is 5.06. The Morgan fingerprint density at radius 1 is 1.53 bits per heavy atom. The Kier molecular flexibility index (Phi) is 2.49. The molecule has 0 bridgehead atoms. The quantitative estimate of drug-likeness (QED) is 0.744. The maximum atomic E-state index is 11.0. The van der Waals surface area contributed by atoms with E-state index in [9.17, 15) is 9.90 Å². The van der Waals surface area contributed by atoms with Crippen molar-refractivity contribution in [1.82, 2.24) is 0 Å². The van der Waals surface area contributed by atoms with Crippen molar-refractivity contribution in [3.63, 3.8) is 0 Å². The number of rotatable bonds is 2. The fourth-order valence-electron chi connectivity index (χ4n) is 2.11. The number of carbonyl (C=O) groups excluding carboxylic acids is 1. The van der Waals surface area contributed by atoms with E-state index in [2.05, 4.69) is 0 Å². The van der Waals surface area contributed by atoms with E-state index in [1.807, 2.05) is 12.1 Å². The fourth-order valence-corrected chi connectivity index (χ4v) is 2.11. The lowest BCUT2D eigenvalue weighted by atomic mass is 9.80. The predicted molar refractivity (Wildman–Crippen MR) is 55.9 cm³/mol. The first kappa shape index (κ1) is 10.2. The summed E-state index contributed by atoms with van der Waals surface area (Å²) in [5.74, 6) is 0.677. The molecule has 1 aromatic rings. The number of hydrogen-bond acceptors (Lipinski definition) is 3. The number of aliphatic hydroxyl groups is 1. The van der Waals surface area contributed by atoms with Gasteiger partial charge in [-0.3, -0.25) is 4.79 Å².